The number of H-pyrrole nitrogens is 1. The van der Waals surface area contributed by atoms with Crippen LogP contribution in [0.1, 0.15) is 30.5 Å². The van der Waals surface area contributed by atoms with Crippen LogP contribution in [-0.4, -0.2) is 4.98 Å². The fourth-order valence-corrected chi connectivity index (χ4v) is 2.26. The fraction of sp³-hybridized carbons (Fsp3) is 0.333. The summed E-state index contributed by atoms with van der Waals surface area (Å²) in [5.41, 5.74) is 2.87. The summed E-state index contributed by atoms with van der Waals surface area (Å²) in [5.74, 6) is 0. The quantitative estimate of drug-likeness (QED) is 0.606. The van der Waals surface area contributed by atoms with Gasteiger partial charge in [0.05, 0.1) is 0 Å². The average molecular weight is 171 g/mol. The van der Waals surface area contributed by atoms with Crippen LogP contribution >= 0.6 is 0 Å². The Labute approximate surface area is 77.5 Å². The van der Waals surface area contributed by atoms with E-state index in [9.17, 15) is 0 Å². The highest BCUT2D eigenvalue weighted by atomic mass is 14.7. The molecule has 0 aromatic carbocycles. The van der Waals surface area contributed by atoms with E-state index < -0.39 is 0 Å². The van der Waals surface area contributed by atoms with Crippen molar-refractivity contribution < 1.29 is 0 Å². The first kappa shape index (κ1) is 7.19. The number of hydrogen-bond acceptors (Lipinski definition) is 0. The van der Waals surface area contributed by atoms with Crippen LogP contribution in [0, 0.1) is 0 Å². The molecule has 2 aliphatic carbocycles. The van der Waals surface area contributed by atoms with E-state index in [1.807, 2.05) is 0 Å². The molecule has 1 heterocycles. The van der Waals surface area contributed by atoms with Crippen LogP contribution in [-0.2, 0) is 6.42 Å². The molecule has 0 spiro atoms. The van der Waals surface area contributed by atoms with Crippen molar-refractivity contribution in [2.75, 3.05) is 0 Å². The molecule has 1 nitrogen and oxygen atoms in total. The topological polar surface area (TPSA) is 15.8 Å². The van der Waals surface area contributed by atoms with Crippen LogP contribution in [0.25, 0.3) is 18.2 Å². The third-order valence-corrected chi connectivity index (χ3v) is 2.90. The molecule has 0 atom stereocenters. The van der Waals surface area contributed by atoms with Gasteiger partial charge < -0.3 is 4.98 Å². The number of fused-ring (bicyclic) bond motifs is 3. The number of hydrogen-bond donors (Lipinski definition) is 1. The van der Waals surface area contributed by atoms with Crippen molar-refractivity contribution in [2.24, 2.45) is 0 Å². The molecule has 1 N–H and O–H groups in total. The molecule has 0 amide bonds. The van der Waals surface area contributed by atoms with Crippen molar-refractivity contribution in [2.45, 2.75) is 25.7 Å². The summed E-state index contributed by atoms with van der Waals surface area (Å²) in [6, 6.07) is 0. The Bertz CT molecular complexity index is 474. The molecule has 66 valence electrons. The fourth-order valence-electron chi connectivity index (χ4n) is 2.26. The monoisotopic (exact) mass is 171 g/mol. The van der Waals surface area contributed by atoms with Gasteiger partial charge in [-0.3, -0.25) is 0 Å². The predicted octanol–water partition coefficient (Wildman–Crippen LogP) is 1.33. The molecule has 3 rings (SSSR count). The van der Waals surface area contributed by atoms with Crippen LogP contribution in [0.4, 0.5) is 0 Å². The van der Waals surface area contributed by atoms with Gasteiger partial charge in [0.15, 0.2) is 0 Å². The molecular weight excluding hydrogens is 158 g/mol. The van der Waals surface area contributed by atoms with Crippen LogP contribution in [0.15, 0.2) is 6.08 Å². The summed E-state index contributed by atoms with van der Waals surface area (Å²) in [7, 11) is 0. The maximum absolute atomic E-state index is 3.52. The first-order valence-electron chi connectivity index (χ1n) is 5.03. The number of allylic oxidation sites excluding steroid dienone is 1. The lowest BCUT2D eigenvalue weighted by Crippen LogP contribution is -2.25. The van der Waals surface area contributed by atoms with Gasteiger partial charge >= 0.3 is 0 Å². The summed E-state index contributed by atoms with van der Waals surface area (Å²) in [4.78, 5) is 3.52. The molecule has 0 radical (unpaired) electrons. The van der Waals surface area contributed by atoms with Crippen LogP contribution < -0.4 is 10.6 Å². The molecule has 1 aromatic heterocycles. The SMILES string of the molecule is C1=Cc2c([nH]c3c2=CCCC=3)CC1. The molecule has 0 aliphatic heterocycles. The minimum Gasteiger partial charge on any atom is -0.358 e. The maximum Gasteiger partial charge on any atom is 0.0418 e. The highest BCUT2D eigenvalue weighted by Crippen LogP contribution is 2.13. The lowest BCUT2D eigenvalue weighted by Gasteiger charge is -2.03. The Balaban J connectivity index is 2.41. The van der Waals surface area contributed by atoms with Gasteiger partial charge in [-0.25, -0.2) is 0 Å². The number of nitrogens with one attached hydrogen (secondary N) is 1. The molecule has 2 aliphatic rings. The Morgan fingerprint density at radius 1 is 1.08 bits per heavy atom. The molecule has 0 unspecified atom stereocenters. The van der Waals surface area contributed by atoms with Crippen molar-refractivity contribution in [3.05, 3.63) is 27.9 Å². The molecule has 0 saturated carbocycles. The van der Waals surface area contributed by atoms with Gasteiger partial charge in [-0.15, -0.1) is 0 Å². The molecular formula is C12H13N. The van der Waals surface area contributed by atoms with E-state index in [-0.39, 0.29) is 0 Å². The first-order chi connectivity index (χ1) is 6.45. The van der Waals surface area contributed by atoms with E-state index in [4.69, 9.17) is 0 Å². The van der Waals surface area contributed by atoms with Gasteiger partial charge in [-0.2, -0.15) is 0 Å². The molecule has 1 heteroatoms. The van der Waals surface area contributed by atoms with E-state index in [2.05, 4.69) is 29.3 Å². The smallest absolute Gasteiger partial charge is 0.0418 e. The Morgan fingerprint density at radius 2 is 2.00 bits per heavy atom. The Hall–Kier alpha value is -1.24. The maximum atomic E-state index is 3.52. The summed E-state index contributed by atoms with van der Waals surface area (Å²) >= 11 is 0. The lowest BCUT2D eigenvalue weighted by molar-refractivity contribution is 0.939. The van der Waals surface area contributed by atoms with Gasteiger partial charge in [0.25, 0.3) is 0 Å². The van der Waals surface area contributed by atoms with Crippen LogP contribution in [0.5, 0.6) is 0 Å². The van der Waals surface area contributed by atoms with Crippen molar-refractivity contribution in [3.8, 4) is 0 Å². The Kier molecular flexibility index (Phi) is 1.45. The van der Waals surface area contributed by atoms with Gasteiger partial charge in [0, 0.05) is 21.8 Å². The van der Waals surface area contributed by atoms with Crippen LogP contribution in [0.3, 0.4) is 0 Å². The summed E-state index contributed by atoms with van der Waals surface area (Å²) in [6.07, 6.45) is 14.0. The summed E-state index contributed by atoms with van der Waals surface area (Å²) in [6.45, 7) is 0. The van der Waals surface area contributed by atoms with Crippen molar-refractivity contribution in [1.82, 2.24) is 4.98 Å². The summed E-state index contributed by atoms with van der Waals surface area (Å²) < 4.78 is 0. The summed E-state index contributed by atoms with van der Waals surface area (Å²) in [5, 5.41) is 2.79. The minimum atomic E-state index is 1.18. The second-order valence-electron chi connectivity index (χ2n) is 3.77. The van der Waals surface area contributed by atoms with Crippen molar-refractivity contribution in [1.29, 1.82) is 0 Å². The van der Waals surface area contributed by atoms with E-state index in [0.29, 0.717) is 0 Å². The second kappa shape index (κ2) is 2.63. The van der Waals surface area contributed by atoms with Gasteiger partial charge in [0.1, 0.15) is 0 Å². The highest BCUT2D eigenvalue weighted by molar-refractivity contribution is 5.59. The standard InChI is InChI=1S/C12H13N/c1-3-7-11-9(5-1)10-6-2-4-8-12(10)13-11/h1,5-6,8,13H,2-4,7H2. The zero-order valence-electron chi connectivity index (χ0n) is 7.64. The predicted molar refractivity (Wildman–Crippen MR) is 55.6 cm³/mol. The third kappa shape index (κ3) is 0.998. The van der Waals surface area contributed by atoms with Crippen LogP contribution in [0.2, 0.25) is 0 Å². The van der Waals surface area contributed by atoms with E-state index >= 15 is 0 Å². The Morgan fingerprint density at radius 3 is 3.00 bits per heavy atom. The van der Waals surface area contributed by atoms with Crippen molar-refractivity contribution in [3.63, 3.8) is 0 Å². The molecule has 0 bridgehead atoms. The number of aryl methyl sites for hydroxylation is 1. The largest absolute Gasteiger partial charge is 0.358 e. The zero-order valence-corrected chi connectivity index (χ0v) is 7.64. The number of aromatic amines is 1. The number of aromatic nitrogens is 1. The lowest BCUT2D eigenvalue weighted by atomic mass is 10.0. The minimum absolute atomic E-state index is 1.18. The molecule has 0 fully saturated rings. The van der Waals surface area contributed by atoms with E-state index in [1.165, 1.54) is 47.5 Å². The zero-order chi connectivity index (χ0) is 8.67. The van der Waals surface area contributed by atoms with Gasteiger partial charge in [-0.1, -0.05) is 24.3 Å². The second-order valence-corrected chi connectivity index (χ2v) is 3.77. The highest BCUT2D eigenvalue weighted by Gasteiger charge is 2.09. The molecule has 1 aromatic rings. The van der Waals surface area contributed by atoms with Gasteiger partial charge in [-0.05, 0) is 25.7 Å². The van der Waals surface area contributed by atoms with E-state index in [0.717, 1.165) is 0 Å². The van der Waals surface area contributed by atoms with E-state index in [1.54, 1.807) is 0 Å². The number of rotatable bonds is 0. The average Bonchev–Trinajstić information content (AvgIpc) is 2.56. The molecule has 0 saturated heterocycles. The van der Waals surface area contributed by atoms with Gasteiger partial charge in [0.2, 0.25) is 0 Å². The van der Waals surface area contributed by atoms with Crippen molar-refractivity contribution >= 4 is 18.2 Å². The third-order valence-electron chi connectivity index (χ3n) is 2.90. The first-order valence-corrected chi connectivity index (χ1v) is 5.03. The normalized spacial score (nSPS) is 18.5. The molecule has 13 heavy (non-hydrogen) atoms.